The first-order valence-electron chi connectivity index (χ1n) is 4.98. The van der Waals surface area contributed by atoms with Crippen LogP contribution in [0.15, 0.2) is 35.7 Å². The monoisotopic (exact) mass is 235 g/mol. The molecule has 84 valence electrons. The molecule has 0 bridgehead atoms. The fourth-order valence-corrected chi connectivity index (χ4v) is 1.98. The molecule has 0 atom stereocenters. The lowest BCUT2D eigenvalue weighted by molar-refractivity contribution is 0.181. The molecule has 1 heterocycles. The number of thiazole rings is 1. The lowest BCUT2D eigenvalue weighted by Crippen LogP contribution is -1.95. The van der Waals surface area contributed by atoms with Crippen molar-refractivity contribution in [1.82, 2.24) is 4.98 Å². The number of aromatic nitrogens is 1. The molecule has 0 radical (unpaired) electrons. The van der Waals surface area contributed by atoms with E-state index in [0.29, 0.717) is 13.2 Å². The Morgan fingerprint density at radius 3 is 2.75 bits per heavy atom. The summed E-state index contributed by atoms with van der Waals surface area (Å²) in [6.07, 6.45) is 0. The minimum Gasteiger partial charge on any atom is -0.486 e. The summed E-state index contributed by atoms with van der Waals surface area (Å²) in [5, 5.41) is 2.96. The van der Waals surface area contributed by atoms with Gasteiger partial charge in [0.15, 0.2) is 0 Å². The molecule has 16 heavy (non-hydrogen) atoms. The van der Waals surface area contributed by atoms with Crippen LogP contribution < -0.4 is 4.74 Å². The molecule has 0 fully saturated rings. The molecule has 0 saturated heterocycles. The maximum atomic E-state index is 5.59. The molecule has 2 rings (SSSR count). The first kappa shape index (κ1) is 11.1. The van der Waals surface area contributed by atoms with Gasteiger partial charge in [0.1, 0.15) is 17.4 Å². The van der Waals surface area contributed by atoms with Gasteiger partial charge >= 0.3 is 0 Å². The van der Waals surface area contributed by atoms with Crippen molar-refractivity contribution in [1.29, 1.82) is 0 Å². The van der Waals surface area contributed by atoms with Crippen molar-refractivity contribution in [2.75, 3.05) is 7.11 Å². The molecule has 1 aromatic heterocycles. The van der Waals surface area contributed by atoms with Gasteiger partial charge in [-0.2, -0.15) is 0 Å². The van der Waals surface area contributed by atoms with E-state index in [0.717, 1.165) is 16.5 Å². The number of benzene rings is 1. The number of nitrogens with zero attached hydrogens (tertiary/aromatic N) is 1. The van der Waals surface area contributed by atoms with Crippen molar-refractivity contribution >= 4 is 11.3 Å². The second-order valence-corrected chi connectivity index (χ2v) is 4.21. The molecule has 4 heteroatoms. The van der Waals surface area contributed by atoms with Crippen LogP contribution in [0, 0.1) is 0 Å². The Hall–Kier alpha value is -1.39. The summed E-state index contributed by atoms with van der Waals surface area (Å²) in [6, 6.07) is 9.74. The Morgan fingerprint density at radius 2 is 2.00 bits per heavy atom. The van der Waals surface area contributed by atoms with Gasteiger partial charge in [-0.15, -0.1) is 11.3 Å². The predicted octanol–water partition coefficient (Wildman–Crippen LogP) is 2.87. The molecule has 0 spiro atoms. The first-order chi connectivity index (χ1) is 7.88. The number of hydrogen-bond acceptors (Lipinski definition) is 4. The van der Waals surface area contributed by atoms with E-state index in [4.69, 9.17) is 9.47 Å². The molecule has 0 amide bonds. The van der Waals surface area contributed by atoms with E-state index >= 15 is 0 Å². The van der Waals surface area contributed by atoms with Gasteiger partial charge in [-0.3, -0.25) is 0 Å². The molecule has 0 aliphatic heterocycles. The summed E-state index contributed by atoms with van der Waals surface area (Å²) < 4.78 is 10.6. The van der Waals surface area contributed by atoms with Gasteiger partial charge in [0.2, 0.25) is 0 Å². The van der Waals surface area contributed by atoms with Gasteiger partial charge in [-0.25, -0.2) is 4.98 Å². The van der Waals surface area contributed by atoms with Crippen LogP contribution >= 0.6 is 11.3 Å². The highest BCUT2D eigenvalue weighted by atomic mass is 32.1. The topological polar surface area (TPSA) is 31.4 Å². The van der Waals surface area contributed by atoms with Gasteiger partial charge in [-0.1, -0.05) is 18.2 Å². The lowest BCUT2D eigenvalue weighted by Gasteiger charge is -2.02. The fourth-order valence-electron chi connectivity index (χ4n) is 1.29. The molecule has 3 nitrogen and oxygen atoms in total. The van der Waals surface area contributed by atoms with Crippen LogP contribution in [0.1, 0.15) is 10.7 Å². The first-order valence-corrected chi connectivity index (χ1v) is 5.86. The summed E-state index contributed by atoms with van der Waals surface area (Å²) in [4.78, 5) is 4.38. The molecule has 0 N–H and O–H groups in total. The molecule has 0 aliphatic rings. The molecule has 0 saturated carbocycles. The number of hydrogen-bond donors (Lipinski definition) is 0. The van der Waals surface area contributed by atoms with Crippen LogP contribution in [0.25, 0.3) is 0 Å². The third-order valence-corrected chi connectivity index (χ3v) is 2.87. The smallest absolute Gasteiger partial charge is 0.140 e. The van der Waals surface area contributed by atoms with Crippen LogP contribution in [-0.2, 0) is 18.0 Å². The van der Waals surface area contributed by atoms with Crippen molar-refractivity contribution < 1.29 is 9.47 Å². The Balaban J connectivity index is 1.89. The Morgan fingerprint density at radius 1 is 1.19 bits per heavy atom. The second kappa shape index (κ2) is 5.63. The summed E-state index contributed by atoms with van der Waals surface area (Å²) in [7, 11) is 1.67. The van der Waals surface area contributed by atoms with Crippen molar-refractivity contribution in [3.63, 3.8) is 0 Å². The van der Waals surface area contributed by atoms with Crippen LogP contribution in [0.3, 0.4) is 0 Å². The van der Waals surface area contributed by atoms with Crippen molar-refractivity contribution in [2.24, 2.45) is 0 Å². The predicted molar refractivity (Wildman–Crippen MR) is 63.6 cm³/mol. The summed E-state index contributed by atoms with van der Waals surface area (Å²) in [5.41, 5.74) is 0.958. The Bertz CT molecular complexity index is 428. The Labute approximate surface area is 98.7 Å². The van der Waals surface area contributed by atoms with Crippen LogP contribution in [0.2, 0.25) is 0 Å². The van der Waals surface area contributed by atoms with Gasteiger partial charge in [0.25, 0.3) is 0 Å². The molecular weight excluding hydrogens is 222 g/mol. The quantitative estimate of drug-likeness (QED) is 0.798. The van der Waals surface area contributed by atoms with E-state index < -0.39 is 0 Å². The van der Waals surface area contributed by atoms with E-state index in [1.54, 1.807) is 18.4 Å². The van der Waals surface area contributed by atoms with Gasteiger partial charge in [0, 0.05) is 12.5 Å². The summed E-state index contributed by atoms with van der Waals surface area (Å²) >= 11 is 1.59. The summed E-state index contributed by atoms with van der Waals surface area (Å²) in [6.45, 7) is 1.07. The highest BCUT2D eigenvalue weighted by Gasteiger charge is 2.02. The van der Waals surface area contributed by atoms with Gasteiger partial charge in [0.05, 0.1) is 12.3 Å². The van der Waals surface area contributed by atoms with Crippen molar-refractivity contribution in [2.45, 2.75) is 13.2 Å². The molecular formula is C12H13NO2S. The zero-order chi connectivity index (χ0) is 11.2. The van der Waals surface area contributed by atoms with Crippen LogP contribution in [-0.4, -0.2) is 12.1 Å². The molecule has 1 aromatic carbocycles. The number of ether oxygens (including phenoxy) is 2. The van der Waals surface area contributed by atoms with E-state index in [-0.39, 0.29) is 0 Å². The minimum absolute atomic E-state index is 0.512. The third kappa shape index (κ3) is 3.05. The lowest BCUT2D eigenvalue weighted by atomic mass is 10.3. The maximum absolute atomic E-state index is 5.59. The standard InChI is InChI=1S/C12H13NO2S/c1-14-7-10-9-16-12(13-10)8-15-11-5-3-2-4-6-11/h2-6,9H,7-8H2,1H3. The van der Waals surface area contributed by atoms with E-state index in [9.17, 15) is 0 Å². The van der Waals surface area contributed by atoms with E-state index in [1.807, 2.05) is 35.7 Å². The normalized spacial score (nSPS) is 10.3. The van der Waals surface area contributed by atoms with E-state index in [1.165, 1.54) is 0 Å². The molecule has 2 aromatic rings. The highest BCUT2D eigenvalue weighted by Crippen LogP contribution is 2.15. The van der Waals surface area contributed by atoms with Crippen molar-refractivity contribution in [3.05, 3.63) is 46.4 Å². The third-order valence-electron chi connectivity index (χ3n) is 2.00. The maximum Gasteiger partial charge on any atom is 0.140 e. The largest absolute Gasteiger partial charge is 0.486 e. The van der Waals surface area contributed by atoms with Crippen LogP contribution in [0.4, 0.5) is 0 Å². The zero-order valence-corrected chi connectivity index (χ0v) is 9.87. The number of rotatable bonds is 5. The summed E-state index contributed by atoms with van der Waals surface area (Å²) in [5.74, 6) is 0.867. The van der Waals surface area contributed by atoms with Gasteiger partial charge < -0.3 is 9.47 Å². The fraction of sp³-hybridized carbons (Fsp3) is 0.250. The SMILES string of the molecule is COCc1csc(COc2ccccc2)n1. The van der Waals surface area contributed by atoms with Crippen LogP contribution in [0.5, 0.6) is 5.75 Å². The molecule has 0 aliphatic carbocycles. The Kier molecular flexibility index (Phi) is 3.91. The van der Waals surface area contributed by atoms with Crippen molar-refractivity contribution in [3.8, 4) is 5.75 Å². The zero-order valence-electron chi connectivity index (χ0n) is 9.05. The van der Waals surface area contributed by atoms with E-state index in [2.05, 4.69) is 4.98 Å². The number of methoxy groups -OCH3 is 1. The number of para-hydroxylation sites is 1. The average Bonchev–Trinajstić information content (AvgIpc) is 2.76. The molecule has 0 unspecified atom stereocenters. The van der Waals surface area contributed by atoms with Gasteiger partial charge in [-0.05, 0) is 12.1 Å². The second-order valence-electron chi connectivity index (χ2n) is 3.27. The average molecular weight is 235 g/mol. The highest BCUT2D eigenvalue weighted by molar-refractivity contribution is 7.09. The minimum atomic E-state index is 0.512.